The van der Waals surface area contributed by atoms with E-state index in [2.05, 4.69) is 46.4 Å². The van der Waals surface area contributed by atoms with Gasteiger partial charge in [-0.15, -0.1) is 0 Å². The van der Waals surface area contributed by atoms with Crippen molar-refractivity contribution in [3.63, 3.8) is 0 Å². The topological polar surface area (TPSA) is 20.3 Å². The fourth-order valence-electron chi connectivity index (χ4n) is 3.24. The van der Waals surface area contributed by atoms with E-state index < -0.39 is 0 Å². The predicted octanol–water partition coefficient (Wildman–Crippen LogP) is 4.00. The van der Waals surface area contributed by atoms with Crippen molar-refractivity contribution in [3.05, 3.63) is 0 Å². The van der Waals surface area contributed by atoms with Gasteiger partial charge in [0.2, 0.25) is 0 Å². The van der Waals surface area contributed by atoms with Crippen molar-refractivity contribution < 1.29 is 4.79 Å². The van der Waals surface area contributed by atoms with E-state index in [1.165, 1.54) is 0 Å². The Morgan fingerprint density at radius 2 is 1.95 bits per heavy atom. The van der Waals surface area contributed by atoms with Gasteiger partial charge in [-0.25, -0.2) is 0 Å². The van der Waals surface area contributed by atoms with Crippen LogP contribution in [0, 0.1) is 23.2 Å². The summed E-state index contributed by atoms with van der Waals surface area (Å²) < 4.78 is 0. The lowest BCUT2D eigenvalue weighted by Crippen LogP contribution is -2.40. The highest BCUT2D eigenvalue weighted by Crippen LogP contribution is 2.39. The molecule has 1 aliphatic rings. The van der Waals surface area contributed by atoms with Gasteiger partial charge in [0, 0.05) is 25.4 Å². The van der Waals surface area contributed by atoms with Crippen molar-refractivity contribution in [1.82, 2.24) is 4.90 Å². The summed E-state index contributed by atoms with van der Waals surface area (Å²) >= 11 is 0. The molecule has 2 heteroatoms. The molecule has 0 spiro atoms. The average molecular weight is 267 g/mol. The third kappa shape index (κ3) is 5.25. The highest BCUT2D eigenvalue weighted by molar-refractivity contribution is 5.82. The number of hydrogen-bond donors (Lipinski definition) is 0. The molecule has 0 bridgehead atoms. The molecular weight excluding hydrogens is 234 g/mol. The van der Waals surface area contributed by atoms with E-state index in [1.807, 2.05) is 0 Å². The van der Waals surface area contributed by atoms with Crippen LogP contribution in [0.2, 0.25) is 0 Å². The van der Waals surface area contributed by atoms with Crippen LogP contribution in [0.5, 0.6) is 0 Å². The second-order valence-corrected chi connectivity index (χ2v) is 7.75. The Morgan fingerprint density at radius 1 is 1.32 bits per heavy atom. The van der Waals surface area contributed by atoms with E-state index in [9.17, 15) is 4.79 Å². The molecule has 0 saturated heterocycles. The van der Waals surface area contributed by atoms with Crippen LogP contribution in [0.25, 0.3) is 0 Å². The van der Waals surface area contributed by atoms with E-state index in [0.717, 1.165) is 38.9 Å². The van der Waals surface area contributed by atoms with E-state index in [0.29, 0.717) is 23.0 Å². The molecule has 1 rings (SSSR count). The molecule has 0 radical (unpaired) electrons. The summed E-state index contributed by atoms with van der Waals surface area (Å²) in [6.45, 7) is 16.8. The summed E-state index contributed by atoms with van der Waals surface area (Å²) in [5.74, 6) is 2.16. The summed E-state index contributed by atoms with van der Waals surface area (Å²) in [5, 5.41) is 0. The first-order valence-electron chi connectivity index (χ1n) is 7.99. The molecular formula is C17H33NO. The summed E-state index contributed by atoms with van der Waals surface area (Å²) in [4.78, 5) is 14.6. The zero-order valence-corrected chi connectivity index (χ0v) is 13.8. The smallest absolute Gasteiger partial charge is 0.137 e. The highest BCUT2D eigenvalue weighted by Gasteiger charge is 2.35. The Labute approximate surface area is 119 Å². The van der Waals surface area contributed by atoms with Crippen LogP contribution in [0.1, 0.15) is 60.8 Å². The number of carbonyl (C=O) groups is 1. The second kappa shape index (κ2) is 6.88. The Bertz CT molecular complexity index is 290. The van der Waals surface area contributed by atoms with Gasteiger partial charge in [-0.1, -0.05) is 41.5 Å². The first-order chi connectivity index (χ1) is 8.74. The molecule has 112 valence electrons. The molecule has 0 aliphatic heterocycles. The molecule has 0 aromatic heterocycles. The monoisotopic (exact) mass is 267 g/mol. The summed E-state index contributed by atoms with van der Waals surface area (Å²) in [6, 6.07) is 0. The maximum atomic E-state index is 12.2. The van der Waals surface area contributed by atoms with Crippen molar-refractivity contribution in [2.24, 2.45) is 23.2 Å². The van der Waals surface area contributed by atoms with Crippen LogP contribution < -0.4 is 0 Å². The fraction of sp³-hybridized carbons (Fsp3) is 0.941. The van der Waals surface area contributed by atoms with Crippen molar-refractivity contribution in [1.29, 1.82) is 0 Å². The van der Waals surface area contributed by atoms with E-state index >= 15 is 0 Å². The minimum absolute atomic E-state index is 0.275. The SMILES string of the molecule is CCN(CC(C)C)CC1CC(C(C)(C)C)CCC1=O. The molecule has 19 heavy (non-hydrogen) atoms. The zero-order valence-electron chi connectivity index (χ0n) is 13.8. The molecule has 1 saturated carbocycles. The second-order valence-electron chi connectivity index (χ2n) is 7.75. The summed E-state index contributed by atoms with van der Waals surface area (Å²) in [5.41, 5.74) is 0.341. The van der Waals surface area contributed by atoms with Gasteiger partial charge in [0.1, 0.15) is 5.78 Å². The standard InChI is InChI=1S/C17H33NO/c1-7-18(11-13(2)3)12-14-10-15(17(4,5)6)8-9-16(14)19/h13-15H,7-12H2,1-6H3. The van der Waals surface area contributed by atoms with Gasteiger partial charge in [-0.2, -0.15) is 0 Å². The van der Waals surface area contributed by atoms with Crippen molar-refractivity contribution in [2.45, 2.75) is 60.8 Å². The molecule has 0 aromatic carbocycles. The molecule has 0 N–H and O–H groups in total. The molecule has 2 nitrogen and oxygen atoms in total. The van der Waals surface area contributed by atoms with Gasteiger partial charge in [0.05, 0.1) is 0 Å². The first kappa shape index (κ1) is 16.7. The Morgan fingerprint density at radius 3 is 2.42 bits per heavy atom. The number of rotatable bonds is 5. The fourth-order valence-corrected chi connectivity index (χ4v) is 3.24. The largest absolute Gasteiger partial charge is 0.303 e. The van der Waals surface area contributed by atoms with E-state index in [4.69, 9.17) is 0 Å². The van der Waals surface area contributed by atoms with Crippen LogP contribution in [-0.2, 0) is 4.79 Å². The Hall–Kier alpha value is -0.370. The average Bonchev–Trinajstić information content (AvgIpc) is 2.28. The van der Waals surface area contributed by atoms with Crippen molar-refractivity contribution in [2.75, 3.05) is 19.6 Å². The summed E-state index contributed by atoms with van der Waals surface area (Å²) in [7, 11) is 0. The molecule has 0 heterocycles. The zero-order chi connectivity index (χ0) is 14.6. The van der Waals surface area contributed by atoms with Gasteiger partial charge >= 0.3 is 0 Å². The minimum atomic E-state index is 0.275. The number of nitrogens with zero attached hydrogens (tertiary/aromatic N) is 1. The lowest BCUT2D eigenvalue weighted by atomic mass is 9.68. The number of Topliss-reactive ketones (excluding diaryl/α,β-unsaturated/α-hetero) is 1. The van der Waals surface area contributed by atoms with Crippen LogP contribution in [0.3, 0.4) is 0 Å². The number of ketones is 1. The van der Waals surface area contributed by atoms with Gasteiger partial charge in [-0.05, 0) is 36.6 Å². The van der Waals surface area contributed by atoms with Gasteiger partial charge in [0.15, 0.2) is 0 Å². The van der Waals surface area contributed by atoms with Gasteiger partial charge < -0.3 is 4.90 Å². The highest BCUT2D eigenvalue weighted by atomic mass is 16.1. The lowest BCUT2D eigenvalue weighted by Gasteiger charge is -2.38. The third-order valence-electron chi connectivity index (χ3n) is 4.54. The Balaban J connectivity index is 2.61. The maximum absolute atomic E-state index is 12.2. The van der Waals surface area contributed by atoms with Crippen molar-refractivity contribution >= 4 is 5.78 Å². The molecule has 1 aliphatic carbocycles. The lowest BCUT2D eigenvalue weighted by molar-refractivity contribution is -0.127. The van der Waals surface area contributed by atoms with Crippen LogP contribution in [-0.4, -0.2) is 30.3 Å². The Kier molecular flexibility index (Phi) is 6.04. The molecule has 2 unspecified atom stereocenters. The van der Waals surface area contributed by atoms with Crippen LogP contribution in [0.4, 0.5) is 0 Å². The maximum Gasteiger partial charge on any atom is 0.137 e. The molecule has 0 amide bonds. The third-order valence-corrected chi connectivity index (χ3v) is 4.54. The quantitative estimate of drug-likeness (QED) is 0.750. The van der Waals surface area contributed by atoms with Crippen molar-refractivity contribution in [3.8, 4) is 0 Å². The van der Waals surface area contributed by atoms with Crippen LogP contribution in [0.15, 0.2) is 0 Å². The molecule has 0 aromatic rings. The predicted molar refractivity (Wildman–Crippen MR) is 82.2 cm³/mol. The summed E-state index contributed by atoms with van der Waals surface area (Å²) in [6.07, 6.45) is 2.98. The minimum Gasteiger partial charge on any atom is -0.303 e. The normalized spacial score (nSPS) is 25.4. The molecule has 1 fully saturated rings. The van der Waals surface area contributed by atoms with Gasteiger partial charge in [-0.3, -0.25) is 4.79 Å². The number of hydrogen-bond acceptors (Lipinski definition) is 2. The van der Waals surface area contributed by atoms with Crippen LogP contribution >= 0.6 is 0 Å². The van der Waals surface area contributed by atoms with E-state index in [1.54, 1.807) is 0 Å². The van der Waals surface area contributed by atoms with E-state index in [-0.39, 0.29) is 5.92 Å². The van der Waals surface area contributed by atoms with Gasteiger partial charge in [0.25, 0.3) is 0 Å². The number of carbonyl (C=O) groups excluding carboxylic acids is 1. The molecule has 2 atom stereocenters. The first-order valence-corrected chi connectivity index (χ1v) is 7.99.